The SMILES string of the molecule is C=CCCCOC(=O)[C@@H]1[C@H]2C(=O)N([C@H](C)CO)C(C(=O)N(CC=C)C(C)CCC)C23CC(C)[C@@]1(C)O3. The van der Waals surface area contributed by atoms with Crippen LogP contribution in [0, 0.1) is 17.8 Å². The summed E-state index contributed by atoms with van der Waals surface area (Å²) in [5.41, 5.74) is -2.07. The van der Waals surface area contributed by atoms with Gasteiger partial charge in [-0.05, 0) is 52.4 Å². The van der Waals surface area contributed by atoms with Crippen LogP contribution in [0.25, 0.3) is 0 Å². The van der Waals surface area contributed by atoms with Gasteiger partial charge in [-0.2, -0.15) is 0 Å². The first kappa shape index (κ1) is 28.4. The minimum Gasteiger partial charge on any atom is -0.465 e. The maximum Gasteiger partial charge on any atom is 0.312 e. The van der Waals surface area contributed by atoms with Crippen LogP contribution in [0.3, 0.4) is 0 Å². The van der Waals surface area contributed by atoms with Crippen LogP contribution in [-0.4, -0.2) is 81.8 Å². The molecule has 3 rings (SSSR count). The molecule has 3 aliphatic rings. The van der Waals surface area contributed by atoms with Crippen molar-refractivity contribution >= 4 is 17.8 Å². The number of nitrogens with zero attached hydrogens (tertiary/aromatic N) is 2. The van der Waals surface area contributed by atoms with E-state index in [-0.39, 0.29) is 37.0 Å². The second-order valence-corrected chi connectivity index (χ2v) is 11.0. The average Bonchev–Trinajstić information content (AvgIpc) is 3.36. The molecule has 0 aliphatic carbocycles. The van der Waals surface area contributed by atoms with Crippen LogP contribution in [0.15, 0.2) is 25.3 Å². The number of hydrogen-bond acceptors (Lipinski definition) is 6. The Kier molecular flexibility index (Phi) is 8.71. The van der Waals surface area contributed by atoms with E-state index in [0.29, 0.717) is 19.4 Å². The predicted octanol–water partition coefficient (Wildman–Crippen LogP) is 3.09. The molecule has 0 radical (unpaired) electrons. The third-order valence-corrected chi connectivity index (χ3v) is 8.62. The van der Waals surface area contributed by atoms with Crippen molar-refractivity contribution in [1.82, 2.24) is 9.80 Å². The third kappa shape index (κ3) is 4.40. The number of carbonyl (C=O) groups excluding carboxylic acids is 3. The largest absolute Gasteiger partial charge is 0.465 e. The van der Waals surface area contributed by atoms with Crippen molar-refractivity contribution in [1.29, 1.82) is 0 Å². The molecule has 2 bridgehead atoms. The highest BCUT2D eigenvalue weighted by Crippen LogP contribution is 2.65. The quantitative estimate of drug-likeness (QED) is 0.235. The molecule has 0 saturated carbocycles. The number of aliphatic hydroxyl groups excluding tert-OH is 1. The van der Waals surface area contributed by atoms with Gasteiger partial charge in [0.25, 0.3) is 0 Å². The molecule has 3 aliphatic heterocycles. The summed E-state index contributed by atoms with van der Waals surface area (Å²) in [5.74, 6) is -2.71. The molecule has 0 aromatic heterocycles. The summed E-state index contributed by atoms with van der Waals surface area (Å²) in [6, 6.07) is -1.60. The molecule has 1 N–H and O–H groups in total. The van der Waals surface area contributed by atoms with E-state index in [2.05, 4.69) is 20.1 Å². The number of carbonyl (C=O) groups is 3. The predicted molar refractivity (Wildman–Crippen MR) is 137 cm³/mol. The van der Waals surface area contributed by atoms with Gasteiger partial charge in [0.05, 0.1) is 30.8 Å². The van der Waals surface area contributed by atoms with E-state index in [4.69, 9.17) is 9.47 Å². The van der Waals surface area contributed by atoms with Gasteiger partial charge in [-0.3, -0.25) is 14.4 Å². The van der Waals surface area contributed by atoms with Crippen molar-refractivity contribution in [3.63, 3.8) is 0 Å². The first-order valence-corrected chi connectivity index (χ1v) is 13.4. The average molecular weight is 505 g/mol. The van der Waals surface area contributed by atoms with Crippen molar-refractivity contribution in [2.24, 2.45) is 17.8 Å². The Hall–Kier alpha value is -2.19. The lowest BCUT2D eigenvalue weighted by atomic mass is 9.62. The smallest absolute Gasteiger partial charge is 0.312 e. The zero-order valence-electron chi connectivity index (χ0n) is 22.6. The minimum atomic E-state index is -1.15. The molecule has 36 heavy (non-hydrogen) atoms. The van der Waals surface area contributed by atoms with Crippen molar-refractivity contribution in [2.45, 2.75) is 96.1 Å². The Labute approximate surface area is 215 Å². The topological polar surface area (TPSA) is 96.4 Å². The second kappa shape index (κ2) is 11.1. The van der Waals surface area contributed by atoms with E-state index in [1.165, 1.54) is 4.90 Å². The van der Waals surface area contributed by atoms with Crippen molar-refractivity contribution < 1.29 is 29.0 Å². The van der Waals surface area contributed by atoms with E-state index in [9.17, 15) is 19.5 Å². The van der Waals surface area contributed by atoms with Gasteiger partial charge in [0.2, 0.25) is 11.8 Å². The third-order valence-electron chi connectivity index (χ3n) is 8.62. The minimum absolute atomic E-state index is 0.0606. The number of aliphatic hydroxyl groups is 1. The summed E-state index contributed by atoms with van der Waals surface area (Å²) >= 11 is 0. The monoisotopic (exact) mass is 504 g/mol. The van der Waals surface area contributed by atoms with Gasteiger partial charge in [-0.25, -0.2) is 0 Å². The number of likely N-dealkylation sites (tertiary alicyclic amines) is 1. The van der Waals surface area contributed by atoms with Gasteiger partial charge in [-0.1, -0.05) is 32.4 Å². The van der Waals surface area contributed by atoms with Gasteiger partial charge in [0.15, 0.2) is 0 Å². The van der Waals surface area contributed by atoms with Crippen LogP contribution in [0.5, 0.6) is 0 Å². The molecular formula is C28H44N2O6. The lowest BCUT2D eigenvalue weighted by Gasteiger charge is -2.40. The zero-order chi connectivity index (χ0) is 26.8. The summed E-state index contributed by atoms with van der Waals surface area (Å²) in [4.78, 5) is 45.0. The van der Waals surface area contributed by atoms with Gasteiger partial charge < -0.3 is 24.4 Å². The molecule has 8 atom stereocenters. The van der Waals surface area contributed by atoms with Crippen molar-refractivity contribution in [2.75, 3.05) is 19.8 Å². The molecule has 4 unspecified atom stereocenters. The van der Waals surface area contributed by atoms with E-state index in [1.54, 1.807) is 24.0 Å². The normalized spacial score (nSPS) is 34.3. The fourth-order valence-corrected chi connectivity index (χ4v) is 6.72. The summed E-state index contributed by atoms with van der Waals surface area (Å²) in [6.07, 6.45) is 7.03. The van der Waals surface area contributed by atoms with Crippen molar-refractivity contribution in [3.8, 4) is 0 Å². The molecule has 3 fully saturated rings. The summed E-state index contributed by atoms with van der Waals surface area (Å²) in [6.45, 7) is 17.5. The molecule has 8 heteroatoms. The zero-order valence-corrected chi connectivity index (χ0v) is 22.6. The Morgan fingerprint density at radius 2 is 2.03 bits per heavy atom. The Morgan fingerprint density at radius 1 is 1.33 bits per heavy atom. The van der Waals surface area contributed by atoms with E-state index in [0.717, 1.165) is 19.3 Å². The number of ether oxygens (including phenoxy) is 2. The maximum absolute atomic E-state index is 14.3. The fraction of sp³-hybridized carbons (Fsp3) is 0.750. The molecule has 2 amide bonds. The van der Waals surface area contributed by atoms with Crippen LogP contribution in [0.4, 0.5) is 0 Å². The van der Waals surface area contributed by atoms with Gasteiger partial charge in [0, 0.05) is 12.6 Å². The molecule has 1 spiro atoms. The number of hydrogen-bond donors (Lipinski definition) is 1. The first-order valence-electron chi connectivity index (χ1n) is 13.4. The van der Waals surface area contributed by atoms with Gasteiger partial charge in [0.1, 0.15) is 17.6 Å². The highest BCUT2D eigenvalue weighted by atomic mass is 16.6. The van der Waals surface area contributed by atoms with Crippen LogP contribution in [-0.2, 0) is 23.9 Å². The van der Waals surface area contributed by atoms with E-state index >= 15 is 0 Å². The Balaban J connectivity index is 2.06. The first-order chi connectivity index (χ1) is 17.0. The van der Waals surface area contributed by atoms with E-state index in [1.807, 2.05) is 20.8 Å². The molecular weight excluding hydrogens is 460 g/mol. The molecule has 8 nitrogen and oxygen atoms in total. The van der Waals surface area contributed by atoms with Crippen LogP contribution in [0.2, 0.25) is 0 Å². The Morgan fingerprint density at radius 3 is 2.61 bits per heavy atom. The lowest BCUT2D eigenvalue weighted by molar-refractivity contribution is -0.164. The number of rotatable bonds is 13. The summed E-state index contributed by atoms with van der Waals surface area (Å²) in [7, 11) is 0. The van der Waals surface area contributed by atoms with Crippen LogP contribution >= 0.6 is 0 Å². The van der Waals surface area contributed by atoms with Crippen LogP contribution in [0.1, 0.15) is 66.7 Å². The lowest BCUT2D eigenvalue weighted by Crippen LogP contribution is -2.59. The summed E-state index contributed by atoms with van der Waals surface area (Å²) in [5, 5.41) is 10.0. The van der Waals surface area contributed by atoms with E-state index < -0.39 is 41.1 Å². The van der Waals surface area contributed by atoms with Gasteiger partial charge >= 0.3 is 5.97 Å². The molecule has 3 heterocycles. The number of amides is 2. The number of allylic oxidation sites excluding steroid dienone is 1. The number of fused-ring (bicyclic) bond motifs is 1. The van der Waals surface area contributed by atoms with Gasteiger partial charge in [-0.15, -0.1) is 13.2 Å². The number of unbranched alkanes of at least 4 members (excludes halogenated alkanes) is 1. The number of esters is 1. The highest BCUT2D eigenvalue weighted by Gasteiger charge is 2.80. The second-order valence-electron chi connectivity index (χ2n) is 11.0. The maximum atomic E-state index is 14.3. The fourth-order valence-electron chi connectivity index (χ4n) is 6.72. The van der Waals surface area contributed by atoms with Crippen molar-refractivity contribution in [3.05, 3.63) is 25.3 Å². The highest BCUT2D eigenvalue weighted by molar-refractivity contribution is 5.99. The summed E-state index contributed by atoms with van der Waals surface area (Å²) < 4.78 is 12.3. The Bertz CT molecular complexity index is 876. The molecule has 202 valence electrons. The van der Waals surface area contributed by atoms with Crippen LogP contribution < -0.4 is 0 Å². The molecule has 0 aromatic carbocycles. The molecule has 0 aromatic rings. The molecule has 3 saturated heterocycles. The standard InChI is InChI=1S/C28H44N2O6/c1-8-11-12-15-35-26(34)22-21-24(32)30(20(6)17-31)23(28(21)16-18(4)27(22,7)36-28)25(33)29(14-10-3)19(5)13-9-2/h8,10,18-23,31H,1,3,9,11-17H2,2,4-7H3/t18?,19?,20-,21+,22+,23?,27-,28?/m1/s1.